The number of hydrogen-bond acceptors (Lipinski definition) is 2. The molecular weight excluding hydrogens is 290 g/mol. The third-order valence-electron chi connectivity index (χ3n) is 2.84. The van der Waals surface area contributed by atoms with Gasteiger partial charge in [-0.3, -0.25) is 4.79 Å². The average Bonchev–Trinajstić information content (AvgIpc) is 2.82. The number of hydrogen-bond donors (Lipinski definition) is 0. The Morgan fingerprint density at radius 1 is 1.29 bits per heavy atom. The molecule has 0 aliphatic carbocycles. The van der Waals surface area contributed by atoms with E-state index >= 15 is 0 Å². The van der Waals surface area contributed by atoms with E-state index in [0.717, 1.165) is 6.07 Å². The van der Waals surface area contributed by atoms with Crippen molar-refractivity contribution < 1.29 is 27.1 Å². The Hall–Kier alpha value is -2.31. The van der Waals surface area contributed by atoms with Gasteiger partial charge in [0.05, 0.1) is 11.3 Å². The monoisotopic (exact) mass is 301 g/mol. The van der Waals surface area contributed by atoms with Crippen LogP contribution in [0.2, 0.25) is 0 Å². The molecule has 1 heterocycles. The molecule has 0 atom stereocenters. The van der Waals surface area contributed by atoms with Crippen LogP contribution < -0.4 is 4.74 Å². The highest BCUT2D eigenvalue weighted by Crippen LogP contribution is 2.33. The lowest BCUT2D eigenvalue weighted by Gasteiger charge is -2.11. The zero-order valence-electron chi connectivity index (χ0n) is 10.9. The van der Waals surface area contributed by atoms with Crippen LogP contribution in [0.1, 0.15) is 16.1 Å². The first-order valence-electron chi connectivity index (χ1n) is 5.93. The summed E-state index contributed by atoms with van der Waals surface area (Å²) >= 11 is 0. The van der Waals surface area contributed by atoms with E-state index in [0.29, 0.717) is 17.8 Å². The van der Waals surface area contributed by atoms with Gasteiger partial charge >= 0.3 is 6.18 Å². The highest BCUT2D eigenvalue weighted by Gasteiger charge is 2.34. The summed E-state index contributed by atoms with van der Waals surface area (Å²) in [5, 5.41) is 0. The van der Waals surface area contributed by atoms with Crippen molar-refractivity contribution in [3.8, 4) is 5.75 Å². The molecule has 0 saturated carbocycles. The number of nitrogens with zero attached hydrogens (tertiary/aromatic N) is 1. The Balaban J connectivity index is 2.11. The number of alkyl halides is 3. The molecule has 0 bridgehead atoms. The lowest BCUT2D eigenvalue weighted by Crippen LogP contribution is -2.15. The van der Waals surface area contributed by atoms with Gasteiger partial charge in [0.25, 0.3) is 0 Å². The van der Waals surface area contributed by atoms with Crippen LogP contribution in [-0.2, 0) is 13.2 Å². The molecule has 2 rings (SSSR count). The zero-order chi connectivity index (χ0) is 15.6. The van der Waals surface area contributed by atoms with Crippen LogP contribution in [-0.4, -0.2) is 17.0 Å². The smallest absolute Gasteiger partial charge is 0.419 e. The Kier molecular flexibility index (Phi) is 4.02. The topological polar surface area (TPSA) is 31.2 Å². The summed E-state index contributed by atoms with van der Waals surface area (Å²) in [4.78, 5) is 11.8. The highest BCUT2D eigenvalue weighted by atomic mass is 19.4. The van der Waals surface area contributed by atoms with Gasteiger partial charge in [0.15, 0.2) is 6.61 Å². The molecule has 0 saturated heterocycles. The molecule has 1 aromatic carbocycles. The van der Waals surface area contributed by atoms with Crippen molar-refractivity contribution >= 4 is 5.78 Å². The summed E-state index contributed by atoms with van der Waals surface area (Å²) in [6, 6.07) is 5.46. The van der Waals surface area contributed by atoms with Crippen LogP contribution in [0.25, 0.3) is 0 Å². The molecule has 0 aliphatic rings. The summed E-state index contributed by atoms with van der Waals surface area (Å²) < 4.78 is 57.3. The molecule has 1 aromatic heterocycles. The van der Waals surface area contributed by atoms with Gasteiger partial charge in [-0.2, -0.15) is 13.2 Å². The SMILES string of the molecule is Cn1cccc1C(=O)COc1ccc(F)c(C(F)(F)F)c1. The molecule has 7 heteroatoms. The third kappa shape index (κ3) is 3.42. The summed E-state index contributed by atoms with van der Waals surface area (Å²) in [6.07, 6.45) is -3.15. The first-order valence-corrected chi connectivity index (χ1v) is 5.93. The number of halogens is 4. The van der Waals surface area contributed by atoms with E-state index in [2.05, 4.69) is 0 Å². The predicted molar refractivity (Wildman–Crippen MR) is 66.6 cm³/mol. The van der Waals surface area contributed by atoms with Gasteiger partial charge in [-0.05, 0) is 30.3 Å². The van der Waals surface area contributed by atoms with E-state index in [1.54, 1.807) is 29.9 Å². The minimum atomic E-state index is -4.81. The van der Waals surface area contributed by atoms with Crippen molar-refractivity contribution in [1.82, 2.24) is 4.57 Å². The van der Waals surface area contributed by atoms with Crippen molar-refractivity contribution in [3.05, 3.63) is 53.6 Å². The Morgan fingerprint density at radius 2 is 2.00 bits per heavy atom. The lowest BCUT2D eigenvalue weighted by molar-refractivity contribution is -0.140. The quantitative estimate of drug-likeness (QED) is 0.640. The molecule has 21 heavy (non-hydrogen) atoms. The van der Waals surface area contributed by atoms with Crippen molar-refractivity contribution in [2.45, 2.75) is 6.18 Å². The highest BCUT2D eigenvalue weighted by molar-refractivity contribution is 5.95. The minimum Gasteiger partial charge on any atom is -0.485 e. The van der Waals surface area contributed by atoms with Gasteiger partial charge in [-0.25, -0.2) is 4.39 Å². The number of ether oxygens (including phenoxy) is 1. The molecule has 0 amide bonds. The van der Waals surface area contributed by atoms with Crippen LogP contribution in [0.4, 0.5) is 17.6 Å². The molecule has 0 N–H and O–H groups in total. The largest absolute Gasteiger partial charge is 0.485 e. The summed E-state index contributed by atoms with van der Waals surface area (Å²) in [7, 11) is 1.66. The van der Waals surface area contributed by atoms with Gasteiger partial charge in [-0.1, -0.05) is 0 Å². The van der Waals surface area contributed by atoms with E-state index in [4.69, 9.17) is 4.74 Å². The number of benzene rings is 1. The summed E-state index contributed by atoms with van der Waals surface area (Å²) in [5.74, 6) is -1.99. The first kappa shape index (κ1) is 15.1. The summed E-state index contributed by atoms with van der Waals surface area (Å²) in [5.41, 5.74) is -1.06. The van der Waals surface area contributed by atoms with E-state index in [9.17, 15) is 22.4 Å². The summed E-state index contributed by atoms with van der Waals surface area (Å²) in [6.45, 7) is -0.430. The predicted octanol–water partition coefficient (Wildman–Crippen LogP) is 3.44. The number of rotatable bonds is 4. The maximum atomic E-state index is 13.1. The van der Waals surface area contributed by atoms with Crippen LogP contribution >= 0.6 is 0 Å². The normalized spacial score (nSPS) is 11.5. The van der Waals surface area contributed by atoms with Gasteiger partial charge in [0.2, 0.25) is 5.78 Å². The molecule has 0 radical (unpaired) electrons. The second kappa shape index (κ2) is 5.59. The van der Waals surface area contributed by atoms with Crippen LogP contribution in [0.15, 0.2) is 36.5 Å². The number of ketones is 1. The molecule has 2 aromatic rings. The van der Waals surface area contributed by atoms with E-state index in [-0.39, 0.29) is 11.5 Å². The molecule has 0 fully saturated rings. The van der Waals surface area contributed by atoms with E-state index < -0.39 is 24.2 Å². The van der Waals surface area contributed by atoms with Crippen molar-refractivity contribution in [2.24, 2.45) is 7.05 Å². The molecule has 112 valence electrons. The number of carbonyl (C=O) groups excluding carboxylic acids is 1. The fourth-order valence-electron chi connectivity index (χ4n) is 1.79. The van der Waals surface area contributed by atoms with Crippen LogP contribution in [0, 0.1) is 5.82 Å². The Bertz CT molecular complexity index is 661. The molecule has 0 unspecified atom stereocenters. The van der Waals surface area contributed by atoms with Crippen molar-refractivity contribution in [2.75, 3.05) is 6.61 Å². The standard InChI is InChI=1S/C14H11F4NO2/c1-19-6-2-3-12(19)13(20)8-21-9-4-5-11(15)10(7-9)14(16,17)18/h2-7H,8H2,1H3. The number of aryl methyl sites for hydroxylation is 1. The third-order valence-corrected chi connectivity index (χ3v) is 2.84. The zero-order valence-corrected chi connectivity index (χ0v) is 10.9. The maximum absolute atomic E-state index is 13.1. The molecule has 3 nitrogen and oxygen atoms in total. The van der Waals surface area contributed by atoms with Crippen molar-refractivity contribution in [3.63, 3.8) is 0 Å². The minimum absolute atomic E-state index is 0.216. The van der Waals surface area contributed by atoms with Gasteiger partial charge in [0, 0.05) is 13.2 Å². The second-order valence-electron chi connectivity index (χ2n) is 4.36. The fourth-order valence-corrected chi connectivity index (χ4v) is 1.79. The first-order chi connectivity index (χ1) is 9.79. The number of Topliss-reactive ketones (excluding diaryl/α,β-unsaturated/α-hetero) is 1. The average molecular weight is 301 g/mol. The van der Waals surface area contributed by atoms with Crippen LogP contribution in [0.3, 0.4) is 0 Å². The van der Waals surface area contributed by atoms with Gasteiger partial charge in [0.1, 0.15) is 11.6 Å². The van der Waals surface area contributed by atoms with E-state index in [1.165, 1.54) is 0 Å². The maximum Gasteiger partial charge on any atom is 0.419 e. The number of carbonyl (C=O) groups is 1. The Morgan fingerprint density at radius 3 is 2.57 bits per heavy atom. The molecular formula is C14H11F4NO2. The molecule has 0 spiro atoms. The van der Waals surface area contributed by atoms with Gasteiger partial charge < -0.3 is 9.30 Å². The number of aromatic nitrogens is 1. The van der Waals surface area contributed by atoms with Gasteiger partial charge in [-0.15, -0.1) is 0 Å². The second-order valence-corrected chi connectivity index (χ2v) is 4.36. The molecule has 0 aliphatic heterocycles. The van der Waals surface area contributed by atoms with Crippen molar-refractivity contribution in [1.29, 1.82) is 0 Å². The fraction of sp³-hybridized carbons (Fsp3) is 0.214. The lowest BCUT2D eigenvalue weighted by atomic mass is 10.2. The Labute approximate surface area is 117 Å². The van der Waals surface area contributed by atoms with E-state index in [1.807, 2.05) is 0 Å². The van der Waals surface area contributed by atoms with Crippen LogP contribution in [0.5, 0.6) is 5.75 Å².